The number of nitrogens with zero attached hydrogens (tertiary/aromatic N) is 2. The summed E-state index contributed by atoms with van der Waals surface area (Å²) in [6.07, 6.45) is -1.57. The van der Waals surface area contributed by atoms with E-state index in [2.05, 4.69) is 20.1 Å². The standard InChI is InChI=1S/C12H22F2N4O3/c1-18-5-3-12(4-6-18,11(15)17-20)16-10(19)2-7-21-8-9(13)14/h9,20H,2-8H2,1H3,(H2,15,17)(H,16,19). The first-order valence-electron chi connectivity index (χ1n) is 6.73. The van der Waals surface area contributed by atoms with Crippen molar-refractivity contribution in [1.82, 2.24) is 10.2 Å². The fraction of sp³-hybridized carbons (Fsp3) is 0.833. The van der Waals surface area contributed by atoms with Crippen LogP contribution in [0.4, 0.5) is 8.78 Å². The second-order valence-corrected chi connectivity index (χ2v) is 5.13. The highest BCUT2D eigenvalue weighted by Gasteiger charge is 2.39. The number of piperidine rings is 1. The Morgan fingerprint density at radius 1 is 1.52 bits per heavy atom. The average molecular weight is 308 g/mol. The first-order chi connectivity index (χ1) is 9.89. The van der Waals surface area contributed by atoms with E-state index in [9.17, 15) is 13.6 Å². The number of amides is 1. The molecule has 0 aromatic rings. The van der Waals surface area contributed by atoms with Crippen LogP contribution in [0.25, 0.3) is 0 Å². The normalized spacial score (nSPS) is 19.7. The quantitative estimate of drug-likeness (QED) is 0.202. The lowest BCUT2D eigenvalue weighted by atomic mass is 9.86. The van der Waals surface area contributed by atoms with Gasteiger partial charge in [-0.05, 0) is 19.9 Å². The summed E-state index contributed by atoms with van der Waals surface area (Å²) < 4.78 is 28.4. The number of carbonyl (C=O) groups excluding carboxylic acids is 1. The first-order valence-corrected chi connectivity index (χ1v) is 6.73. The predicted molar refractivity (Wildman–Crippen MR) is 72.5 cm³/mol. The molecule has 0 aromatic carbocycles. The highest BCUT2D eigenvalue weighted by atomic mass is 19.3. The van der Waals surface area contributed by atoms with Gasteiger partial charge in [-0.2, -0.15) is 0 Å². The summed E-state index contributed by atoms with van der Waals surface area (Å²) >= 11 is 0. The minimum Gasteiger partial charge on any atom is -0.409 e. The lowest BCUT2D eigenvalue weighted by Crippen LogP contribution is -2.62. The number of carbonyl (C=O) groups is 1. The molecule has 0 unspecified atom stereocenters. The second-order valence-electron chi connectivity index (χ2n) is 5.13. The lowest BCUT2D eigenvalue weighted by molar-refractivity contribution is -0.124. The van der Waals surface area contributed by atoms with Gasteiger partial charge in [0.05, 0.1) is 6.61 Å². The molecule has 7 nitrogen and oxygen atoms in total. The maximum atomic E-state index is 11.9. The number of halogens is 2. The number of rotatable bonds is 7. The van der Waals surface area contributed by atoms with Crippen LogP contribution >= 0.6 is 0 Å². The summed E-state index contributed by atoms with van der Waals surface area (Å²) in [7, 11) is 1.94. The number of hydrogen-bond acceptors (Lipinski definition) is 5. The van der Waals surface area contributed by atoms with Crippen LogP contribution in [0.2, 0.25) is 0 Å². The van der Waals surface area contributed by atoms with Crippen LogP contribution in [-0.2, 0) is 9.53 Å². The highest BCUT2D eigenvalue weighted by Crippen LogP contribution is 2.22. The molecule has 0 radical (unpaired) electrons. The fourth-order valence-corrected chi connectivity index (χ4v) is 2.21. The molecule has 0 aromatic heterocycles. The van der Waals surface area contributed by atoms with Crippen molar-refractivity contribution in [1.29, 1.82) is 0 Å². The molecule has 0 bridgehead atoms. The van der Waals surface area contributed by atoms with Gasteiger partial charge >= 0.3 is 0 Å². The van der Waals surface area contributed by atoms with Crippen molar-refractivity contribution in [2.75, 3.05) is 33.4 Å². The van der Waals surface area contributed by atoms with Crippen molar-refractivity contribution < 1.29 is 23.5 Å². The molecule has 122 valence electrons. The van der Waals surface area contributed by atoms with Gasteiger partial charge in [0.2, 0.25) is 5.91 Å². The Labute approximate surface area is 122 Å². The fourth-order valence-electron chi connectivity index (χ4n) is 2.21. The van der Waals surface area contributed by atoms with Crippen molar-refractivity contribution >= 4 is 11.7 Å². The van der Waals surface area contributed by atoms with E-state index >= 15 is 0 Å². The molecule has 21 heavy (non-hydrogen) atoms. The molecule has 1 fully saturated rings. The van der Waals surface area contributed by atoms with Crippen LogP contribution < -0.4 is 11.1 Å². The summed E-state index contributed by atoms with van der Waals surface area (Å²) in [5.41, 5.74) is 4.82. The van der Waals surface area contributed by atoms with Gasteiger partial charge in [-0.25, -0.2) is 8.78 Å². The van der Waals surface area contributed by atoms with E-state index < -0.39 is 18.6 Å². The average Bonchev–Trinajstić information content (AvgIpc) is 2.45. The maximum absolute atomic E-state index is 11.9. The molecule has 1 rings (SSSR count). The molecular formula is C12H22F2N4O3. The van der Waals surface area contributed by atoms with E-state index in [0.29, 0.717) is 25.9 Å². The van der Waals surface area contributed by atoms with E-state index in [1.807, 2.05) is 7.05 Å². The molecular weight excluding hydrogens is 286 g/mol. The van der Waals surface area contributed by atoms with E-state index in [1.54, 1.807) is 0 Å². The first kappa shape index (κ1) is 17.6. The smallest absolute Gasteiger partial charge is 0.261 e. The number of ether oxygens (including phenoxy) is 1. The monoisotopic (exact) mass is 308 g/mol. The van der Waals surface area contributed by atoms with Crippen LogP contribution in [-0.4, -0.2) is 67.2 Å². The maximum Gasteiger partial charge on any atom is 0.261 e. The van der Waals surface area contributed by atoms with E-state index in [1.165, 1.54) is 0 Å². The van der Waals surface area contributed by atoms with Gasteiger partial charge in [0, 0.05) is 19.5 Å². The largest absolute Gasteiger partial charge is 0.409 e. The van der Waals surface area contributed by atoms with Crippen molar-refractivity contribution in [2.24, 2.45) is 10.9 Å². The van der Waals surface area contributed by atoms with Crippen LogP contribution in [0.15, 0.2) is 5.16 Å². The molecule has 0 atom stereocenters. The van der Waals surface area contributed by atoms with Gasteiger partial charge in [0.15, 0.2) is 5.84 Å². The molecule has 1 saturated heterocycles. The van der Waals surface area contributed by atoms with E-state index in [-0.39, 0.29) is 24.8 Å². The number of likely N-dealkylation sites (tertiary alicyclic amines) is 1. The molecule has 1 aliphatic heterocycles. The third-order valence-electron chi connectivity index (χ3n) is 3.53. The Kier molecular flexibility index (Phi) is 6.76. The molecule has 1 amide bonds. The van der Waals surface area contributed by atoms with Gasteiger partial charge in [0.1, 0.15) is 12.1 Å². The van der Waals surface area contributed by atoms with Gasteiger partial charge in [-0.1, -0.05) is 5.16 Å². The van der Waals surface area contributed by atoms with E-state index in [4.69, 9.17) is 10.9 Å². The minimum atomic E-state index is -2.55. The number of amidine groups is 1. The Bertz CT molecular complexity index is 372. The van der Waals surface area contributed by atoms with Gasteiger partial charge in [0.25, 0.3) is 6.43 Å². The molecule has 1 heterocycles. The van der Waals surface area contributed by atoms with Crippen molar-refractivity contribution in [3.63, 3.8) is 0 Å². The van der Waals surface area contributed by atoms with Crippen LogP contribution in [0.1, 0.15) is 19.3 Å². The number of alkyl halides is 2. The number of nitrogens with one attached hydrogen (secondary N) is 1. The van der Waals surface area contributed by atoms with Crippen molar-refractivity contribution in [3.8, 4) is 0 Å². The molecule has 4 N–H and O–H groups in total. The Morgan fingerprint density at radius 3 is 2.67 bits per heavy atom. The third-order valence-corrected chi connectivity index (χ3v) is 3.53. The predicted octanol–water partition coefficient (Wildman–Crippen LogP) is -0.0148. The SMILES string of the molecule is CN1CCC(NC(=O)CCOCC(F)F)(C(N)=NO)CC1. The molecule has 0 spiro atoms. The number of oxime groups is 1. The summed E-state index contributed by atoms with van der Waals surface area (Å²) in [5, 5.41) is 14.7. The summed E-state index contributed by atoms with van der Waals surface area (Å²) in [4.78, 5) is 13.9. The lowest BCUT2D eigenvalue weighted by Gasteiger charge is -2.40. The van der Waals surface area contributed by atoms with E-state index in [0.717, 1.165) is 0 Å². The van der Waals surface area contributed by atoms with Crippen LogP contribution in [0, 0.1) is 0 Å². The van der Waals surface area contributed by atoms with Crippen molar-refractivity contribution in [3.05, 3.63) is 0 Å². The Balaban J connectivity index is 2.51. The second kappa shape index (κ2) is 8.08. The van der Waals surface area contributed by atoms with Crippen LogP contribution in [0.3, 0.4) is 0 Å². The topological polar surface area (TPSA) is 100 Å². The number of hydrogen-bond donors (Lipinski definition) is 3. The Morgan fingerprint density at radius 2 is 2.14 bits per heavy atom. The minimum absolute atomic E-state index is 0.0440. The summed E-state index contributed by atoms with van der Waals surface area (Å²) in [6, 6.07) is 0. The zero-order valence-corrected chi connectivity index (χ0v) is 12.0. The summed E-state index contributed by atoms with van der Waals surface area (Å²) in [5.74, 6) is -0.419. The van der Waals surface area contributed by atoms with Crippen molar-refractivity contribution in [2.45, 2.75) is 31.2 Å². The molecule has 9 heteroatoms. The highest BCUT2D eigenvalue weighted by molar-refractivity contribution is 5.94. The van der Waals surface area contributed by atoms with Gasteiger partial charge in [-0.15, -0.1) is 0 Å². The van der Waals surface area contributed by atoms with Gasteiger partial charge < -0.3 is 25.9 Å². The Hall–Kier alpha value is -1.48. The molecule has 0 saturated carbocycles. The zero-order chi connectivity index (χ0) is 15.9. The third kappa shape index (κ3) is 5.43. The molecule has 0 aliphatic carbocycles. The molecule has 1 aliphatic rings. The summed E-state index contributed by atoms with van der Waals surface area (Å²) in [6.45, 7) is 0.600. The van der Waals surface area contributed by atoms with Gasteiger partial charge in [-0.3, -0.25) is 4.79 Å². The number of nitrogens with two attached hydrogens (primary N) is 1. The zero-order valence-electron chi connectivity index (χ0n) is 12.0. The van der Waals surface area contributed by atoms with Crippen LogP contribution in [0.5, 0.6) is 0 Å².